The van der Waals surface area contributed by atoms with Crippen molar-refractivity contribution in [3.8, 4) is 0 Å². The van der Waals surface area contributed by atoms with Gasteiger partial charge in [0.25, 0.3) is 0 Å². The smallest absolute Gasteiger partial charge is 0.0954 e. The van der Waals surface area contributed by atoms with E-state index >= 15 is 0 Å². The SMILES string of the molecule is CCc1csc(CC2CCCCO2)n1. The maximum Gasteiger partial charge on any atom is 0.0954 e. The van der Waals surface area contributed by atoms with E-state index in [1.807, 2.05) is 0 Å². The molecule has 1 aliphatic heterocycles. The number of ether oxygens (including phenoxy) is 1. The van der Waals surface area contributed by atoms with Crippen LogP contribution < -0.4 is 0 Å². The lowest BCUT2D eigenvalue weighted by molar-refractivity contribution is 0.0167. The lowest BCUT2D eigenvalue weighted by Gasteiger charge is -2.21. The second kappa shape index (κ2) is 4.89. The van der Waals surface area contributed by atoms with Gasteiger partial charge in [-0.25, -0.2) is 4.98 Å². The number of rotatable bonds is 3. The van der Waals surface area contributed by atoms with Gasteiger partial charge in [-0.15, -0.1) is 11.3 Å². The summed E-state index contributed by atoms with van der Waals surface area (Å²) in [6.07, 6.45) is 6.25. The van der Waals surface area contributed by atoms with Gasteiger partial charge in [-0.05, 0) is 25.7 Å². The number of aryl methyl sites for hydroxylation is 1. The average Bonchev–Trinajstić information content (AvgIpc) is 2.67. The number of hydrogen-bond donors (Lipinski definition) is 0. The Labute approximate surface area is 89.3 Å². The van der Waals surface area contributed by atoms with Gasteiger partial charge in [-0.3, -0.25) is 0 Å². The highest BCUT2D eigenvalue weighted by molar-refractivity contribution is 7.09. The molecule has 1 aromatic rings. The van der Waals surface area contributed by atoms with Crippen LogP contribution in [0.15, 0.2) is 5.38 Å². The van der Waals surface area contributed by atoms with E-state index in [-0.39, 0.29) is 0 Å². The van der Waals surface area contributed by atoms with E-state index in [4.69, 9.17) is 4.74 Å². The van der Waals surface area contributed by atoms with Gasteiger partial charge in [0.1, 0.15) is 0 Å². The molecule has 0 aliphatic carbocycles. The lowest BCUT2D eigenvalue weighted by Crippen LogP contribution is -2.21. The van der Waals surface area contributed by atoms with Gasteiger partial charge in [0.15, 0.2) is 0 Å². The first-order valence-electron chi connectivity index (χ1n) is 5.43. The Bertz CT molecular complexity index is 279. The fourth-order valence-electron chi connectivity index (χ4n) is 1.77. The van der Waals surface area contributed by atoms with Crippen molar-refractivity contribution < 1.29 is 4.74 Å². The molecule has 2 rings (SSSR count). The zero-order valence-electron chi connectivity index (χ0n) is 8.66. The maximum absolute atomic E-state index is 5.69. The molecule has 1 unspecified atom stereocenters. The van der Waals surface area contributed by atoms with Gasteiger partial charge >= 0.3 is 0 Å². The lowest BCUT2D eigenvalue weighted by atomic mass is 10.1. The molecule has 0 bridgehead atoms. The summed E-state index contributed by atoms with van der Waals surface area (Å²) in [5.74, 6) is 0. The van der Waals surface area contributed by atoms with Crippen LogP contribution in [0.25, 0.3) is 0 Å². The van der Waals surface area contributed by atoms with Crippen molar-refractivity contribution in [2.24, 2.45) is 0 Å². The molecule has 1 atom stereocenters. The molecule has 1 saturated heterocycles. The summed E-state index contributed by atoms with van der Waals surface area (Å²) in [5, 5.41) is 3.41. The third-order valence-corrected chi connectivity index (χ3v) is 3.56. The summed E-state index contributed by atoms with van der Waals surface area (Å²) in [6.45, 7) is 3.09. The molecule has 0 saturated carbocycles. The summed E-state index contributed by atoms with van der Waals surface area (Å²) in [4.78, 5) is 4.56. The predicted octanol–water partition coefficient (Wildman–Crippen LogP) is 2.82. The molecule has 0 spiro atoms. The van der Waals surface area contributed by atoms with Crippen LogP contribution in [0.2, 0.25) is 0 Å². The zero-order chi connectivity index (χ0) is 9.80. The number of nitrogens with zero attached hydrogens (tertiary/aromatic N) is 1. The molecule has 3 heteroatoms. The standard InChI is InChI=1S/C11H17NOS/c1-2-9-8-14-11(12-9)7-10-5-3-4-6-13-10/h8,10H,2-7H2,1H3. The molecule has 1 fully saturated rings. The molecule has 0 N–H and O–H groups in total. The van der Waals surface area contributed by atoms with Gasteiger partial charge in [0.05, 0.1) is 16.8 Å². The molecule has 2 nitrogen and oxygen atoms in total. The van der Waals surface area contributed by atoms with Gasteiger partial charge in [-0.1, -0.05) is 6.92 Å². The van der Waals surface area contributed by atoms with Gasteiger partial charge < -0.3 is 4.74 Å². The van der Waals surface area contributed by atoms with Crippen molar-refractivity contribution in [2.45, 2.75) is 45.1 Å². The second-order valence-electron chi connectivity index (χ2n) is 3.78. The van der Waals surface area contributed by atoms with E-state index < -0.39 is 0 Å². The van der Waals surface area contributed by atoms with Crippen LogP contribution in [0.5, 0.6) is 0 Å². The van der Waals surface area contributed by atoms with Crippen LogP contribution in [0.1, 0.15) is 36.9 Å². The highest BCUT2D eigenvalue weighted by Gasteiger charge is 2.15. The van der Waals surface area contributed by atoms with Crippen molar-refractivity contribution in [2.75, 3.05) is 6.61 Å². The summed E-state index contributed by atoms with van der Waals surface area (Å²) < 4.78 is 5.69. The third kappa shape index (κ3) is 2.55. The molecular formula is C11H17NOS. The molecule has 0 aromatic carbocycles. The molecule has 78 valence electrons. The second-order valence-corrected chi connectivity index (χ2v) is 4.72. The largest absolute Gasteiger partial charge is 0.378 e. The van der Waals surface area contributed by atoms with E-state index in [2.05, 4.69) is 17.3 Å². The molecule has 14 heavy (non-hydrogen) atoms. The molecule has 1 aromatic heterocycles. The van der Waals surface area contributed by atoms with Crippen LogP contribution in [-0.2, 0) is 17.6 Å². The molecular weight excluding hydrogens is 194 g/mol. The van der Waals surface area contributed by atoms with E-state index in [0.29, 0.717) is 6.10 Å². The molecule has 0 amide bonds. The van der Waals surface area contributed by atoms with E-state index in [0.717, 1.165) is 19.4 Å². The average molecular weight is 211 g/mol. The Kier molecular flexibility index (Phi) is 3.54. The van der Waals surface area contributed by atoms with Crippen molar-refractivity contribution in [1.29, 1.82) is 0 Å². The third-order valence-electron chi connectivity index (χ3n) is 2.64. The van der Waals surface area contributed by atoms with E-state index in [1.165, 1.54) is 30.0 Å². The summed E-state index contributed by atoms with van der Waals surface area (Å²) in [7, 11) is 0. The fraction of sp³-hybridized carbons (Fsp3) is 0.727. The predicted molar refractivity (Wildman–Crippen MR) is 58.8 cm³/mol. The van der Waals surface area contributed by atoms with Crippen molar-refractivity contribution in [1.82, 2.24) is 4.98 Å². The first-order valence-corrected chi connectivity index (χ1v) is 6.31. The Hall–Kier alpha value is -0.410. The summed E-state index contributed by atoms with van der Waals surface area (Å²) in [5.41, 5.74) is 1.22. The van der Waals surface area contributed by atoms with E-state index in [1.54, 1.807) is 11.3 Å². The van der Waals surface area contributed by atoms with Gasteiger partial charge in [0, 0.05) is 18.4 Å². The van der Waals surface area contributed by atoms with Crippen LogP contribution in [-0.4, -0.2) is 17.7 Å². The minimum Gasteiger partial charge on any atom is -0.378 e. The Morgan fingerprint density at radius 2 is 2.50 bits per heavy atom. The minimum absolute atomic E-state index is 0.430. The molecule has 2 heterocycles. The first-order chi connectivity index (χ1) is 6.88. The van der Waals surface area contributed by atoms with Crippen molar-refractivity contribution >= 4 is 11.3 Å². The Morgan fingerprint density at radius 3 is 3.14 bits per heavy atom. The van der Waals surface area contributed by atoms with Crippen LogP contribution in [0.3, 0.4) is 0 Å². The van der Waals surface area contributed by atoms with Gasteiger partial charge in [-0.2, -0.15) is 0 Å². The van der Waals surface area contributed by atoms with Crippen LogP contribution in [0, 0.1) is 0 Å². The minimum atomic E-state index is 0.430. The van der Waals surface area contributed by atoms with Crippen LogP contribution >= 0.6 is 11.3 Å². The zero-order valence-corrected chi connectivity index (χ0v) is 9.48. The fourth-order valence-corrected chi connectivity index (χ4v) is 2.71. The summed E-state index contributed by atoms with van der Waals surface area (Å²) in [6, 6.07) is 0. The Morgan fingerprint density at radius 1 is 1.57 bits per heavy atom. The monoisotopic (exact) mass is 211 g/mol. The molecule has 0 radical (unpaired) electrons. The van der Waals surface area contributed by atoms with Crippen LogP contribution in [0.4, 0.5) is 0 Å². The highest BCUT2D eigenvalue weighted by atomic mass is 32.1. The summed E-state index contributed by atoms with van der Waals surface area (Å²) >= 11 is 1.78. The quantitative estimate of drug-likeness (QED) is 0.767. The van der Waals surface area contributed by atoms with Crippen molar-refractivity contribution in [3.05, 3.63) is 16.1 Å². The number of thiazole rings is 1. The topological polar surface area (TPSA) is 22.1 Å². The van der Waals surface area contributed by atoms with Gasteiger partial charge in [0.2, 0.25) is 0 Å². The normalized spacial score (nSPS) is 22.5. The number of hydrogen-bond acceptors (Lipinski definition) is 3. The Balaban J connectivity index is 1.89. The first kappa shape index (κ1) is 10.1. The molecule has 1 aliphatic rings. The highest BCUT2D eigenvalue weighted by Crippen LogP contribution is 2.19. The van der Waals surface area contributed by atoms with Crippen molar-refractivity contribution in [3.63, 3.8) is 0 Å². The maximum atomic E-state index is 5.69. The number of aromatic nitrogens is 1. The van der Waals surface area contributed by atoms with E-state index in [9.17, 15) is 0 Å².